The minimum absolute atomic E-state index is 0.366. The molecule has 0 aliphatic carbocycles. The molecule has 1 aliphatic heterocycles. The molecule has 0 bridgehead atoms. The summed E-state index contributed by atoms with van der Waals surface area (Å²) in [6, 6.07) is 7.58. The lowest BCUT2D eigenvalue weighted by Gasteiger charge is -2.38. The molecular formula is C15H22N2O3. The minimum Gasteiger partial charge on any atom is -0.495 e. The number of methoxy groups -OCH3 is 1. The molecule has 0 aromatic heterocycles. The molecule has 1 aromatic carbocycles. The third-order valence-corrected chi connectivity index (χ3v) is 3.85. The van der Waals surface area contributed by atoms with Crippen LogP contribution in [0.15, 0.2) is 24.3 Å². The Morgan fingerprint density at radius 1 is 1.30 bits per heavy atom. The molecule has 2 rings (SSSR count). The fourth-order valence-corrected chi connectivity index (χ4v) is 2.75. The van der Waals surface area contributed by atoms with E-state index in [0.717, 1.165) is 37.6 Å². The van der Waals surface area contributed by atoms with Gasteiger partial charge in [0.25, 0.3) is 0 Å². The third-order valence-electron chi connectivity index (χ3n) is 3.85. The Labute approximate surface area is 119 Å². The lowest BCUT2D eigenvalue weighted by molar-refractivity contribution is -0.143. The van der Waals surface area contributed by atoms with Gasteiger partial charge in [-0.25, -0.2) is 0 Å². The van der Waals surface area contributed by atoms with Crippen LogP contribution >= 0.6 is 0 Å². The van der Waals surface area contributed by atoms with Gasteiger partial charge >= 0.3 is 5.97 Å². The van der Waals surface area contributed by atoms with Crippen molar-refractivity contribution >= 4 is 11.7 Å². The van der Waals surface area contributed by atoms with E-state index in [9.17, 15) is 9.90 Å². The van der Waals surface area contributed by atoms with Crippen molar-refractivity contribution in [2.75, 3.05) is 38.2 Å². The number of carbonyl (C=O) groups is 1. The third kappa shape index (κ3) is 3.04. The summed E-state index contributed by atoms with van der Waals surface area (Å²) in [5.74, 6) is 0.143. The van der Waals surface area contributed by atoms with Crippen LogP contribution in [0, 0.1) is 0 Å². The maximum absolute atomic E-state index is 11.2. The number of hydrogen-bond acceptors (Lipinski definition) is 4. The van der Waals surface area contributed by atoms with Gasteiger partial charge in [-0.2, -0.15) is 0 Å². The monoisotopic (exact) mass is 278 g/mol. The number of hydrogen-bond donors (Lipinski definition) is 1. The van der Waals surface area contributed by atoms with Crippen LogP contribution < -0.4 is 9.64 Å². The Kier molecular flexibility index (Phi) is 4.84. The van der Waals surface area contributed by atoms with E-state index < -0.39 is 5.97 Å². The summed E-state index contributed by atoms with van der Waals surface area (Å²) >= 11 is 0. The molecule has 5 nitrogen and oxygen atoms in total. The molecule has 1 aliphatic rings. The van der Waals surface area contributed by atoms with Crippen LogP contribution in [0.2, 0.25) is 0 Å². The number of carboxylic acids is 1. The fourth-order valence-electron chi connectivity index (χ4n) is 2.75. The molecule has 110 valence electrons. The summed E-state index contributed by atoms with van der Waals surface area (Å²) in [5.41, 5.74) is 1.08. The van der Waals surface area contributed by atoms with Crippen molar-refractivity contribution in [3.63, 3.8) is 0 Å². The number of para-hydroxylation sites is 2. The van der Waals surface area contributed by atoms with Gasteiger partial charge in [0.2, 0.25) is 0 Å². The van der Waals surface area contributed by atoms with Crippen LogP contribution in [0.5, 0.6) is 5.75 Å². The molecule has 1 N–H and O–H groups in total. The molecule has 1 fully saturated rings. The summed E-state index contributed by atoms with van der Waals surface area (Å²) in [6.07, 6.45) is 0.643. The highest BCUT2D eigenvalue weighted by Crippen LogP contribution is 2.28. The molecule has 20 heavy (non-hydrogen) atoms. The maximum atomic E-state index is 11.2. The van der Waals surface area contributed by atoms with Gasteiger partial charge < -0.3 is 14.7 Å². The predicted octanol–water partition coefficient (Wildman–Crippen LogP) is 1.68. The number of nitrogens with zero attached hydrogens (tertiary/aromatic N) is 2. The number of piperazine rings is 1. The van der Waals surface area contributed by atoms with Crippen molar-refractivity contribution in [1.29, 1.82) is 0 Å². The van der Waals surface area contributed by atoms with Crippen LogP contribution in [0.3, 0.4) is 0 Å². The lowest BCUT2D eigenvalue weighted by Crippen LogP contribution is -2.52. The Bertz CT molecular complexity index is 456. The van der Waals surface area contributed by atoms with E-state index >= 15 is 0 Å². The molecule has 1 heterocycles. The molecule has 1 atom stereocenters. The van der Waals surface area contributed by atoms with Gasteiger partial charge in [0.15, 0.2) is 0 Å². The number of ether oxygens (including phenoxy) is 1. The number of anilines is 1. The molecular weight excluding hydrogens is 256 g/mol. The molecule has 1 unspecified atom stereocenters. The number of carboxylic acid groups (broad SMARTS) is 1. The van der Waals surface area contributed by atoms with E-state index in [4.69, 9.17) is 4.74 Å². The number of benzene rings is 1. The molecule has 5 heteroatoms. The van der Waals surface area contributed by atoms with Gasteiger partial charge in [0.05, 0.1) is 12.8 Å². The highest BCUT2D eigenvalue weighted by molar-refractivity contribution is 5.73. The Morgan fingerprint density at radius 3 is 2.50 bits per heavy atom. The van der Waals surface area contributed by atoms with Gasteiger partial charge in [-0.05, 0) is 18.6 Å². The number of rotatable bonds is 5. The highest BCUT2D eigenvalue weighted by Gasteiger charge is 2.28. The smallest absolute Gasteiger partial charge is 0.320 e. The first-order chi connectivity index (χ1) is 9.67. The molecule has 0 saturated carbocycles. The van der Waals surface area contributed by atoms with E-state index in [-0.39, 0.29) is 6.04 Å². The molecule has 1 aromatic rings. The van der Waals surface area contributed by atoms with E-state index in [1.807, 2.05) is 36.1 Å². The first-order valence-electron chi connectivity index (χ1n) is 7.02. The fraction of sp³-hybridized carbons (Fsp3) is 0.533. The standard InChI is InChI=1S/C15H22N2O3/c1-3-12(15(18)19)16-8-10-17(11-9-16)13-6-4-5-7-14(13)20-2/h4-7,12H,3,8-11H2,1-2H3,(H,18,19). The van der Waals surface area contributed by atoms with E-state index in [1.165, 1.54) is 0 Å². The van der Waals surface area contributed by atoms with Crippen LogP contribution in [0.25, 0.3) is 0 Å². The quantitative estimate of drug-likeness (QED) is 0.888. The van der Waals surface area contributed by atoms with Crippen LogP contribution in [0.1, 0.15) is 13.3 Å². The molecule has 0 amide bonds. The average molecular weight is 278 g/mol. The maximum Gasteiger partial charge on any atom is 0.320 e. The van der Waals surface area contributed by atoms with Gasteiger partial charge in [0.1, 0.15) is 11.8 Å². The largest absolute Gasteiger partial charge is 0.495 e. The zero-order valence-corrected chi connectivity index (χ0v) is 12.1. The van der Waals surface area contributed by atoms with Gasteiger partial charge in [-0.15, -0.1) is 0 Å². The summed E-state index contributed by atoms with van der Waals surface area (Å²) < 4.78 is 5.38. The van der Waals surface area contributed by atoms with E-state index in [1.54, 1.807) is 7.11 Å². The second-order valence-corrected chi connectivity index (χ2v) is 4.96. The highest BCUT2D eigenvalue weighted by atomic mass is 16.5. The Balaban J connectivity index is 2.02. The average Bonchev–Trinajstić information content (AvgIpc) is 2.48. The van der Waals surface area contributed by atoms with Crippen molar-refractivity contribution in [2.45, 2.75) is 19.4 Å². The van der Waals surface area contributed by atoms with E-state index in [2.05, 4.69) is 4.90 Å². The van der Waals surface area contributed by atoms with Gasteiger partial charge in [-0.3, -0.25) is 9.69 Å². The van der Waals surface area contributed by atoms with Crippen molar-refractivity contribution in [3.05, 3.63) is 24.3 Å². The summed E-state index contributed by atoms with van der Waals surface area (Å²) in [7, 11) is 1.67. The summed E-state index contributed by atoms with van der Waals surface area (Å²) in [6.45, 7) is 5.10. The van der Waals surface area contributed by atoms with Crippen molar-refractivity contribution in [2.24, 2.45) is 0 Å². The van der Waals surface area contributed by atoms with Crippen molar-refractivity contribution in [1.82, 2.24) is 4.90 Å². The minimum atomic E-state index is -0.724. The van der Waals surface area contributed by atoms with Crippen molar-refractivity contribution in [3.8, 4) is 5.75 Å². The SMILES string of the molecule is CCC(C(=O)O)N1CCN(c2ccccc2OC)CC1. The Morgan fingerprint density at radius 2 is 1.95 bits per heavy atom. The first kappa shape index (κ1) is 14.7. The summed E-state index contributed by atoms with van der Waals surface area (Å²) in [5, 5.41) is 9.22. The van der Waals surface area contributed by atoms with Crippen LogP contribution in [-0.2, 0) is 4.79 Å². The van der Waals surface area contributed by atoms with Crippen molar-refractivity contribution < 1.29 is 14.6 Å². The Hall–Kier alpha value is -1.75. The second kappa shape index (κ2) is 6.61. The lowest BCUT2D eigenvalue weighted by atomic mass is 10.1. The summed E-state index contributed by atoms with van der Waals surface area (Å²) in [4.78, 5) is 15.5. The van der Waals surface area contributed by atoms with Crippen LogP contribution in [0.4, 0.5) is 5.69 Å². The predicted molar refractivity (Wildman–Crippen MR) is 78.5 cm³/mol. The first-order valence-corrected chi connectivity index (χ1v) is 7.02. The normalized spacial score (nSPS) is 17.8. The van der Waals surface area contributed by atoms with Crippen LogP contribution in [-0.4, -0.2) is 55.3 Å². The molecule has 0 radical (unpaired) electrons. The second-order valence-electron chi connectivity index (χ2n) is 4.96. The van der Waals surface area contributed by atoms with Gasteiger partial charge in [-0.1, -0.05) is 19.1 Å². The number of aliphatic carboxylic acids is 1. The molecule has 0 spiro atoms. The topological polar surface area (TPSA) is 53.0 Å². The zero-order valence-electron chi connectivity index (χ0n) is 12.1. The van der Waals surface area contributed by atoms with Gasteiger partial charge in [0, 0.05) is 26.2 Å². The van der Waals surface area contributed by atoms with E-state index in [0.29, 0.717) is 6.42 Å². The molecule has 1 saturated heterocycles. The zero-order chi connectivity index (χ0) is 14.5.